The predicted octanol–water partition coefficient (Wildman–Crippen LogP) is 2.36. The molecule has 2 aromatic rings. The van der Waals surface area contributed by atoms with Crippen LogP contribution in [0.5, 0.6) is 0 Å². The minimum atomic E-state index is -0.380. The Kier molecular flexibility index (Phi) is 3.43. The highest BCUT2D eigenvalue weighted by molar-refractivity contribution is 6.06. The van der Waals surface area contributed by atoms with Crippen molar-refractivity contribution in [1.82, 2.24) is 5.16 Å². The van der Waals surface area contributed by atoms with Crippen molar-refractivity contribution >= 4 is 23.2 Å². The zero-order chi connectivity index (χ0) is 14.8. The van der Waals surface area contributed by atoms with Crippen LogP contribution in [0.3, 0.4) is 0 Å². The lowest BCUT2D eigenvalue weighted by atomic mass is 10.2. The third kappa shape index (κ3) is 2.65. The molecule has 108 valence electrons. The molecular weight excluding hydrogens is 270 g/mol. The molecular formula is C15H15N3O3. The summed E-state index contributed by atoms with van der Waals surface area (Å²) in [5, 5.41) is 6.46. The van der Waals surface area contributed by atoms with Gasteiger partial charge in [0.25, 0.3) is 5.91 Å². The third-order valence-electron chi connectivity index (χ3n) is 3.37. The Labute approximate surface area is 121 Å². The molecule has 0 bridgehead atoms. The third-order valence-corrected chi connectivity index (χ3v) is 3.37. The number of rotatable bonds is 3. The highest BCUT2D eigenvalue weighted by Crippen LogP contribution is 2.29. The Morgan fingerprint density at radius 3 is 2.86 bits per heavy atom. The Hall–Kier alpha value is -2.63. The van der Waals surface area contributed by atoms with Crippen LogP contribution in [0.25, 0.3) is 0 Å². The largest absolute Gasteiger partial charge is 0.351 e. The molecule has 1 N–H and O–H groups in total. The molecule has 1 saturated heterocycles. The second-order valence-electron chi connectivity index (χ2n) is 4.95. The number of hydrogen-bond donors (Lipinski definition) is 1. The number of benzene rings is 1. The molecule has 6 nitrogen and oxygen atoms in total. The van der Waals surface area contributed by atoms with Gasteiger partial charge in [0.1, 0.15) is 0 Å². The SMILES string of the molecule is Cc1cc(C(=O)Nc2ccccc2N2CCCC2=O)on1. The van der Waals surface area contributed by atoms with Crippen LogP contribution < -0.4 is 10.2 Å². The average molecular weight is 285 g/mol. The minimum absolute atomic E-state index is 0.0761. The molecule has 2 heterocycles. The zero-order valence-corrected chi connectivity index (χ0v) is 11.6. The molecule has 1 aromatic carbocycles. The molecule has 0 aliphatic carbocycles. The van der Waals surface area contributed by atoms with Crippen LogP contribution >= 0.6 is 0 Å². The van der Waals surface area contributed by atoms with Crippen molar-refractivity contribution in [3.05, 3.63) is 41.8 Å². The lowest BCUT2D eigenvalue weighted by molar-refractivity contribution is -0.117. The molecule has 0 atom stereocenters. The molecule has 1 aromatic heterocycles. The number of hydrogen-bond acceptors (Lipinski definition) is 4. The van der Waals surface area contributed by atoms with Gasteiger partial charge in [-0.3, -0.25) is 9.59 Å². The summed E-state index contributed by atoms with van der Waals surface area (Å²) in [6, 6.07) is 8.81. The highest BCUT2D eigenvalue weighted by Gasteiger charge is 2.24. The molecule has 0 radical (unpaired) electrons. The first-order chi connectivity index (χ1) is 10.1. The zero-order valence-electron chi connectivity index (χ0n) is 11.6. The summed E-state index contributed by atoms with van der Waals surface area (Å²) in [5.74, 6) is -0.156. The fourth-order valence-electron chi connectivity index (χ4n) is 2.37. The fraction of sp³-hybridized carbons (Fsp3) is 0.267. The summed E-state index contributed by atoms with van der Waals surface area (Å²) in [7, 11) is 0. The highest BCUT2D eigenvalue weighted by atomic mass is 16.5. The number of carbonyl (C=O) groups is 2. The van der Waals surface area contributed by atoms with Crippen LogP contribution in [0.15, 0.2) is 34.9 Å². The number of anilines is 2. The van der Waals surface area contributed by atoms with E-state index < -0.39 is 0 Å². The van der Waals surface area contributed by atoms with Gasteiger partial charge in [0.2, 0.25) is 11.7 Å². The Bertz CT molecular complexity index is 693. The Morgan fingerprint density at radius 2 is 2.19 bits per heavy atom. The molecule has 2 amide bonds. The Balaban J connectivity index is 1.85. The first-order valence-corrected chi connectivity index (χ1v) is 6.79. The van der Waals surface area contributed by atoms with E-state index in [2.05, 4.69) is 10.5 Å². The fourth-order valence-corrected chi connectivity index (χ4v) is 2.37. The summed E-state index contributed by atoms with van der Waals surface area (Å²) in [5.41, 5.74) is 1.94. The van der Waals surface area contributed by atoms with E-state index in [1.807, 2.05) is 18.2 Å². The number of aryl methyl sites for hydroxylation is 1. The second-order valence-corrected chi connectivity index (χ2v) is 4.95. The van der Waals surface area contributed by atoms with Crippen molar-refractivity contribution in [3.8, 4) is 0 Å². The summed E-state index contributed by atoms with van der Waals surface area (Å²) >= 11 is 0. The smallest absolute Gasteiger partial charge is 0.294 e. The lowest BCUT2D eigenvalue weighted by Crippen LogP contribution is -2.25. The van der Waals surface area contributed by atoms with Gasteiger partial charge in [-0.25, -0.2) is 0 Å². The maximum absolute atomic E-state index is 12.1. The standard InChI is InChI=1S/C15H15N3O3/c1-10-9-13(21-17-10)15(20)16-11-5-2-3-6-12(11)18-8-4-7-14(18)19/h2-3,5-6,9H,4,7-8H2,1H3,(H,16,20). The molecule has 1 aliphatic heterocycles. The predicted molar refractivity (Wildman–Crippen MR) is 77.2 cm³/mol. The number of amides is 2. The molecule has 21 heavy (non-hydrogen) atoms. The van der Waals surface area contributed by atoms with Gasteiger partial charge in [0, 0.05) is 19.0 Å². The maximum atomic E-state index is 12.1. The van der Waals surface area contributed by atoms with E-state index in [0.717, 1.165) is 6.42 Å². The van der Waals surface area contributed by atoms with Gasteiger partial charge >= 0.3 is 0 Å². The maximum Gasteiger partial charge on any atom is 0.294 e. The normalized spacial score (nSPS) is 14.5. The summed E-state index contributed by atoms with van der Waals surface area (Å²) in [6.07, 6.45) is 1.38. The van der Waals surface area contributed by atoms with Gasteiger partial charge in [-0.1, -0.05) is 17.3 Å². The van der Waals surface area contributed by atoms with Crippen molar-refractivity contribution in [1.29, 1.82) is 0 Å². The van der Waals surface area contributed by atoms with Gasteiger partial charge in [-0.15, -0.1) is 0 Å². The lowest BCUT2D eigenvalue weighted by Gasteiger charge is -2.19. The number of aromatic nitrogens is 1. The van der Waals surface area contributed by atoms with Crippen LogP contribution in [-0.2, 0) is 4.79 Å². The summed E-state index contributed by atoms with van der Waals surface area (Å²) in [6.45, 7) is 2.42. The first-order valence-electron chi connectivity index (χ1n) is 6.79. The van der Waals surface area contributed by atoms with Gasteiger partial charge in [0.15, 0.2) is 0 Å². The van der Waals surface area contributed by atoms with Crippen molar-refractivity contribution in [2.45, 2.75) is 19.8 Å². The van der Waals surface area contributed by atoms with Crippen molar-refractivity contribution in [3.63, 3.8) is 0 Å². The van der Waals surface area contributed by atoms with E-state index in [9.17, 15) is 9.59 Å². The summed E-state index contributed by atoms with van der Waals surface area (Å²) in [4.78, 5) is 25.7. The van der Waals surface area contributed by atoms with Crippen molar-refractivity contribution in [2.75, 3.05) is 16.8 Å². The topological polar surface area (TPSA) is 75.4 Å². The molecule has 3 rings (SSSR count). The molecule has 0 unspecified atom stereocenters. The van der Waals surface area contributed by atoms with E-state index in [-0.39, 0.29) is 17.6 Å². The van der Waals surface area contributed by atoms with Crippen molar-refractivity contribution in [2.24, 2.45) is 0 Å². The number of nitrogens with one attached hydrogen (secondary N) is 1. The second kappa shape index (κ2) is 5.40. The minimum Gasteiger partial charge on any atom is -0.351 e. The number of carbonyl (C=O) groups excluding carboxylic acids is 2. The molecule has 1 fully saturated rings. The molecule has 0 saturated carbocycles. The van der Waals surface area contributed by atoms with E-state index in [1.54, 1.807) is 24.0 Å². The van der Waals surface area contributed by atoms with Crippen LogP contribution in [0.1, 0.15) is 29.1 Å². The van der Waals surface area contributed by atoms with E-state index in [4.69, 9.17) is 4.52 Å². The van der Waals surface area contributed by atoms with Gasteiger partial charge in [-0.05, 0) is 25.5 Å². The van der Waals surface area contributed by atoms with E-state index >= 15 is 0 Å². The molecule has 6 heteroatoms. The first kappa shape index (κ1) is 13.4. The van der Waals surface area contributed by atoms with Crippen LogP contribution in [-0.4, -0.2) is 23.5 Å². The summed E-state index contributed by atoms with van der Waals surface area (Å²) < 4.78 is 4.94. The molecule has 1 aliphatic rings. The van der Waals surface area contributed by atoms with Gasteiger partial charge < -0.3 is 14.7 Å². The Morgan fingerprint density at radius 1 is 1.38 bits per heavy atom. The quantitative estimate of drug-likeness (QED) is 0.939. The average Bonchev–Trinajstić information content (AvgIpc) is 3.08. The van der Waals surface area contributed by atoms with Crippen LogP contribution in [0.2, 0.25) is 0 Å². The molecule has 0 spiro atoms. The van der Waals surface area contributed by atoms with Gasteiger partial charge in [-0.2, -0.15) is 0 Å². The van der Waals surface area contributed by atoms with E-state index in [0.29, 0.717) is 30.0 Å². The number of para-hydroxylation sites is 2. The van der Waals surface area contributed by atoms with Crippen LogP contribution in [0.4, 0.5) is 11.4 Å². The monoisotopic (exact) mass is 285 g/mol. The van der Waals surface area contributed by atoms with Gasteiger partial charge in [0.05, 0.1) is 17.1 Å². The number of nitrogens with zero attached hydrogens (tertiary/aromatic N) is 2. The van der Waals surface area contributed by atoms with Crippen molar-refractivity contribution < 1.29 is 14.1 Å². The van der Waals surface area contributed by atoms with E-state index in [1.165, 1.54) is 0 Å². The van der Waals surface area contributed by atoms with Crippen LogP contribution in [0, 0.1) is 6.92 Å².